The Morgan fingerprint density at radius 3 is 2.48 bits per heavy atom. The average Bonchev–Trinajstić information content (AvgIpc) is 3.01. The maximum Gasteiger partial charge on any atom is 0.416 e. The molecule has 0 unspecified atom stereocenters. The highest BCUT2D eigenvalue weighted by atomic mass is 79.9. The third-order valence-electron chi connectivity index (χ3n) is 4.14. The summed E-state index contributed by atoms with van der Waals surface area (Å²) in [7, 11) is 0. The van der Waals surface area contributed by atoms with E-state index in [4.69, 9.17) is 0 Å². The summed E-state index contributed by atoms with van der Waals surface area (Å²) in [6.45, 7) is 4.00. The van der Waals surface area contributed by atoms with Gasteiger partial charge in [0.25, 0.3) is 0 Å². The molecule has 0 fully saturated rings. The van der Waals surface area contributed by atoms with Gasteiger partial charge in [-0.15, -0.1) is 27.1 Å². The second kappa shape index (κ2) is 9.00. The summed E-state index contributed by atoms with van der Waals surface area (Å²) in [4.78, 5) is 1.18. The first-order valence-electron chi connectivity index (χ1n) is 8.50. The van der Waals surface area contributed by atoms with E-state index in [0.717, 1.165) is 22.3 Å². The van der Waals surface area contributed by atoms with Gasteiger partial charge in [-0.1, -0.05) is 22.0 Å². The van der Waals surface area contributed by atoms with Crippen LogP contribution in [0.2, 0.25) is 0 Å². The lowest BCUT2D eigenvalue weighted by Crippen LogP contribution is -2.30. The van der Waals surface area contributed by atoms with E-state index in [0.29, 0.717) is 11.4 Å². The number of benzene rings is 2. The molecule has 5 nitrogen and oxygen atoms in total. The quantitative estimate of drug-likeness (QED) is 0.228. The van der Waals surface area contributed by atoms with Gasteiger partial charge in [0, 0.05) is 20.6 Å². The molecule has 1 heterocycles. The number of rotatable bonds is 4. The van der Waals surface area contributed by atoms with Crippen LogP contribution in [0.1, 0.15) is 25.0 Å². The molecule has 2 aromatic rings. The van der Waals surface area contributed by atoms with E-state index in [2.05, 4.69) is 36.8 Å². The zero-order valence-corrected chi connectivity index (χ0v) is 17.9. The Hall–Kier alpha value is -2.33. The molecule has 29 heavy (non-hydrogen) atoms. The molecule has 1 N–H and O–H groups in total. The van der Waals surface area contributed by atoms with Crippen LogP contribution in [0.4, 0.5) is 18.9 Å². The summed E-state index contributed by atoms with van der Waals surface area (Å²) in [6.07, 6.45) is -4.44. The third kappa shape index (κ3) is 5.60. The van der Waals surface area contributed by atoms with Crippen molar-refractivity contribution in [3.63, 3.8) is 0 Å². The van der Waals surface area contributed by atoms with E-state index < -0.39 is 11.7 Å². The monoisotopic (exact) mass is 483 g/mol. The van der Waals surface area contributed by atoms with Gasteiger partial charge >= 0.3 is 6.18 Å². The number of azo groups is 1. The van der Waals surface area contributed by atoms with Crippen LogP contribution in [0, 0.1) is 0 Å². The topological polar surface area (TPSA) is 52.3 Å². The minimum absolute atomic E-state index is 0.0910. The largest absolute Gasteiger partial charge is 0.416 e. The van der Waals surface area contributed by atoms with E-state index in [9.17, 15) is 13.2 Å². The van der Waals surface area contributed by atoms with Gasteiger partial charge in [-0.25, -0.2) is 5.53 Å². The van der Waals surface area contributed by atoms with E-state index in [1.807, 2.05) is 31.0 Å². The molecular weight excluding hydrogens is 467 g/mol. The molecule has 0 spiro atoms. The number of nitrogens with one attached hydrogen (secondary N) is 1. The average molecular weight is 484 g/mol. The summed E-state index contributed by atoms with van der Waals surface area (Å²) in [6, 6.07) is 11.9. The highest BCUT2D eigenvalue weighted by molar-refractivity contribution is 9.10. The second-order valence-corrected chi connectivity index (χ2v) is 8.21. The molecule has 2 aromatic carbocycles. The SMILES string of the molecule is CC1=C(C)N(N/N=C(/N=N/c2cccc(C(F)(F)F)c2)c2ccc(Br)cc2)CS1. The third-order valence-corrected chi connectivity index (χ3v) is 5.78. The summed E-state index contributed by atoms with van der Waals surface area (Å²) < 4.78 is 39.6. The van der Waals surface area contributed by atoms with E-state index in [1.165, 1.54) is 17.0 Å². The van der Waals surface area contributed by atoms with Crippen LogP contribution >= 0.6 is 27.7 Å². The Labute approximate surface area is 178 Å². The number of allylic oxidation sites excluding steroid dienone is 2. The Morgan fingerprint density at radius 2 is 1.86 bits per heavy atom. The van der Waals surface area contributed by atoms with Crippen LogP contribution in [-0.4, -0.2) is 16.7 Å². The number of thioether (sulfide) groups is 1. The van der Waals surface area contributed by atoms with Crippen molar-refractivity contribution < 1.29 is 13.2 Å². The summed E-state index contributed by atoms with van der Waals surface area (Å²) >= 11 is 5.05. The van der Waals surface area contributed by atoms with Crippen molar-refractivity contribution in [2.24, 2.45) is 15.3 Å². The molecule has 0 amide bonds. The fraction of sp³-hybridized carbons (Fsp3) is 0.211. The lowest BCUT2D eigenvalue weighted by molar-refractivity contribution is -0.137. The normalized spacial score (nSPS) is 15.5. The molecule has 1 aliphatic heterocycles. The van der Waals surface area contributed by atoms with Crippen molar-refractivity contribution in [1.29, 1.82) is 0 Å². The lowest BCUT2D eigenvalue weighted by atomic mass is 10.2. The minimum atomic E-state index is -4.44. The molecule has 152 valence electrons. The number of nitrogens with zero attached hydrogens (tertiary/aromatic N) is 4. The molecule has 0 radical (unpaired) electrons. The minimum Gasteiger partial charge on any atom is -0.265 e. The lowest BCUT2D eigenvalue weighted by Gasteiger charge is -2.17. The molecule has 3 rings (SSSR count). The summed E-state index contributed by atoms with van der Waals surface area (Å²) in [5, 5.41) is 14.3. The molecule has 0 saturated carbocycles. The number of halogens is 4. The van der Waals surface area contributed by atoms with Crippen molar-refractivity contribution in [3.8, 4) is 0 Å². The molecule has 0 saturated heterocycles. The first-order chi connectivity index (χ1) is 13.7. The number of hydrogen-bond donors (Lipinski definition) is 1. The van der Waals surface area contributed by atoms with Gasteiger partial charge < -0.3 is 0 Å². The van der Waals surface area contributed by atoms with Gasteiger partial charge in [0.1, 0.15) is 0 Å². The number of amidine groups is 1. The molecule has 0 aliphatic carbocycles. The smallest absolute Gasteiger partial charge is 0.265 e. The van der Waals surface area contributed by atoms with Crippen LogP contribution in [0.5, 0.6) is 0 Å². The van der Waals surface area contributed by atoms with Gasteiger partial charge in [-0.3, -0.25) is 5.01 Å². The maximum absolute atomic E-state index is 12.9. The maximum atomic E-state index is 12.9. The predicted octanol–water partition coefficient (Wildman–Crippen LogP) is 6.68. The zero-order valence-electron chi connectivity index (χ0n) is 15.5. The fourth-order valence-corrected chi connectivity index (χ4v) is 3.51. The van der Waals surface area contributed by atoms with Crippen molar-refractivity contribution in [3.05, 3.63) is 74.7 Å². The van der Waals surface area contributed by atoms with Crippen LogP contribution in [0.15, 0.2) is 78.9 Å². The van der Waals surface area contributed by atoms with Crippen LogP contribution < -0.4 is 5.53 Å². The Balaban J connectivity index is 1.88. The first kappa shape index (κ1) is 21.4. The van der Waals surface area contributed by atoms with E-state index in [1.54, 1.807) is 23.9 Å². The number of hydrazine groups is 1. The van der Waals surface area contributed by atoms with Crippen LogP contribution in [-0.2, 0) is 6.18 Å². The molecule has 0 atom stereocenters. The zero-order chi connectivity index (χ0) is 21.0. The van der Waals surface area contributed by atoms with Crippen LogP contribution in [0.3, 0.4) is 0 Å². The van der Waals surface area contributed by atoms with E-state index >= 15 is 0 Å². The standard InChI is InChI=1S/C19H17BrF3N5S/c1-12-13(2)29-11-28(12)27-26-18(14-6-8-16(20)9-7-14)25-24-17-5-3-4-15(10-17)19(21,22)23/h3-10,27H,11H2,1-2H3/b25-24+,26-18+. The second-order valence-electron chi connectivity index (χ2n) is 6.13. The fourth-order valence-electron chi connectivity index (χ4n) is 2.36. The van der Waals surface area contributed by atoms with Gasteiger partial charge in [-0.05, 0) is 56.3 Å². The number of hydrogen-bond acceptors (Lipinski definition) is 5. The van der Waals surface area contributed by atoms with Crippen molar-refractivity contribution >= 4 is 39.2 Å². The van der Waals surface area contributed by atoms with Crippen LogP contribution in [0.25, 0.3) is 0 Å². The first-order valence-corrected chi connectivity index (χ1v) is 10.3. The van der Waals surface area contributed by atoms with Gasteiger partial charge in [0.15, 0.2) is 0 Å². The number of alkyl halides is 3. The molecule has 0 aromatic heterocycles. The van der Waals surface area contributed by atoms with Crippen molar-refractivity contribution in [2.45, 2.75) is 20.0 Å². The Morgan fingerprint density at radius 1 is 1.14 bits per heavy atom. The summed E-state index contributed by atoms with van der Waals surface area (Å²) in [5.41, 5.74) is 3.97. The Bertz CT molecular complexity index is 971. The highest BCUT2D eigenvalue weighted by Gasteiger charge is 2.30. The molecular formula is C19H17BrF3N5S. The van der Waals surface area contributed by atoms with Crippen molar-refractivity contribution in [2.75, 3.05) is 5.88 Å². The van der Waals surface area contributed by atoms with Gasteiger partial charge in [0.2, 0.25) is 5.84 Å². The van der Waals surface area contributed by atoms with Crippen molar-refractivity contribution in [1.82, 2.24) is 10.5 Å². The molecule has 10 heteroatoms. The Kier molecular flexibility index (Phi) is 6.63. The van der Waals surface area contributed by atoms with Gasteiger partial charge in [-0.2, -0.15) is 13.2 Å². The van der Waals surface area contributed by atoms with E-state index in [-0.39, 0.29) is 11.5 Å². The van der Waals surface area contributed by atoms with Gasteiger partial charge in [0.05, 0.1) is 17.1 Å². The predicted molar refractivity (Wildman–Crippen MR) is 112 cm³/mol. The molecule has 1 aliphatic rings. The highest BCUT2D eigenvalue weighted by Crippen LogP contribution is 2.32. The number of hydrazone groups is 1. The molecule has 0 bridgehead atoms. The summed E-state index contributed by atoms with van der Waals surface area (Å²) in [5.74, 6) is 0.941.